The first-order chi connectivity index (χ1) is 12.8. The van der Waals surface area contributed by atoms with Crippen LogP contribution in [0.1, 0.15) is 21.5 Å². The van der Waals surface area contributed by atoms with Gasteiger partial charge in [-0.3, -0.25) is 9.59 Å². The third kappa shape index (κ3) is 4.25. The summed E-state index contributed by atoms with van der Waals surface area (Å²) in [6, 6.07) is 11.8. The van der Waals surface area contributed by atoms with Gasteiger partial charge in [0.15, 0.2) is 12.4 Å². The molecule has 3 aromatic rings. The Balaban J connectivity index is 1.82. The van der Waals surface area contributed by atoms with Crippen LogP contribution in [0.3, 0.4) is 0 Å². The molecule has 0 aliphatic rings. The van der Waals surface area contributed by atoms with Crippen LogP contribution in [0.5, 0.6) is 5.75 Å². The fourth-order valence-electron chi connectivity index (χ4n) is 2.69. The van der Waals surface area contributed by atoms with Crippen molar-refractivity contribution in [3.63, 3.8) is 0 Å². The van der Waals surface area contributed by atoms with Crippen molar-refractivity contribution in [3.05, 3.63) is 74.0 Å². The average Bonchev–Trinajstić information content (AvgIpc) is 2.63. The van der Waals surface area contributed by atoms with Crippen LogP contribution in [-0.2, 0) is 11.2 Å². The third-order valence-corrected chi connectivity index (χ3v) is 4.65. The van der Waals surface area contributed by atoms with Crippen molar-refractivity contribution in [2.75, 3.05) is 6.61 Å². The maximum absolute atomic E-state index is 12.2. The second-order valence-corrected chi connectivity index (χ2v) is 6.86. The number of halogens is 1. The van der Waals surface area contributed by atoms with Crippen molar-refractivity contribution in [2.45, 2.75) is 13.3 Å². The number of aryl methyl sites for hydroxylation is 1. The zero-order valence-electron chi connectivity index (χ0n) is 14.3. The van der Waals surface area contributed by atoms with E-state index in [9.17, 15) is 14.4 Å². The summed E-state index contributed by atoms with van der Waals surface area (Å²) in [7, 11) is 0. The van der Waals surface area contributed by atoms with Gasteiger partial charge in [-0.25, -0.2) is 4.79 Å². The molecule has 0 saturated carbocycles. The lowest BCUT2D eigenvalue weighted by molar-refractivity contribution is -0.136. The number of carbonyl (C=O) groups is 2. The van der Waals surface area contributed by atoms with Gasteiger partial charge in [0.1, 0.15) is 11.3 Å². The van der Waals surface area contributed by atoms with Gasteiger partial charge in [-0.05, 0) is 36.8 Å². The van der Waals surface area contributed by atoms with Crippen molar-refractivity contribution in [1.82, 2.24) is 0 Å². The van der Waals surface area contributed by atoms with Crippen molar-refractivity contribution in [2.24, 2.45) is 0 Å². The van der Waals surface area contributed by atoms with Crippen LogP contribution in [0.2, 0.25) is 0 Å². The van der Waals surface area contributed by atoms with Crippen LogP contribution in [0.25, 0.3) is 11.0 Å². The zero-order valence-corrected chi connectivity index (χ0v) is 15.9. The maximum atomic E-state index is 12.2. The molecule has 138 valence electrons. The number of carboxylic acids is 1. The summed E-state index contributed by atoms with van der Waals surface area (Å²) >= 11 is 3.31. The standard InChI is InChI=1S/C20H15BrO6/c1-11-15-7-6-14(8-18(15)27-20(25)16(11)9-19(23)24)26-10-17(22)12-2-4-13(21)5-3-12/h2-8H,9-10H2,1H3,(H,23,24). The Hall–Kier alpha value is -2.93. The lowest BCUT2D eigenvalue weighted by atomic mass is 10.0. The van der Waals surface area contributed by atoms with Gasteiger partial charge >= 0.3 is 11.6 Å². The molecule has 0 spiro atoms. The molecule has 0 saturated heterocycles. The molecule has 0 amide bonds. The molecule has 3 rings (SSSR count). The largest absolute Gasteiger partial charge is 0.485 e. The Morgan fingerprint density at radius 2 is 1.85 bits per heavy atom. The number of hydrogen-bond acceptors (Lipinski definition) is 5. The van der Waals surface area contributed by atoms with Crippen molar-refractivity contribution in [3.8, 4) is 5.75 Å². The minimum absolute atomic E-state index is 0.120. The number of hydrogen-bond donors (Lipinski definition) is 1. The van der Waals surface area contributed by atoms with Gasteiger partial charge in [0.2, 0.25) is 0 Å². The lowest BCUT2D eigenvalue weighted by Gasteiger charge is -2.09. The van der Waals surface area contributed by atoms with E-state index in [1.165, 1.54) is 6.07 Å². The summed E-state index contributed by atoms with van der Waals surface area (Å²) in [5.41, 5.74) is 0.792. The fourth-order valence-corrected chi connectivity index (χ4v) is 2.95. The minimum Gasteiger partial charge on any atom is -0.485 e. The molecular formula is C20H15BrO6. The minimum atomic E-state index is -1.10. The van der Waals surface area contributed by atoms with E-state index in [-0.39, 0.29) is 23.5 Å². The smallest absolute Gasteiger partial charge is 0.340 e. The fraction of sp³-hybridized carbons (Fsp3) is 0.150. The molecule has 0 fully saturated rings. The number of Topliss-reactive ketones (excluding diaryl/α,β-unsaturated/α-hetero) is 1. The summed E-state index contributed by atoms with van der Waals surface area (Å²) in [6.45, 7) is 1.52. The number of fused-ring (bicyclic) bond motifs is 1. The van der Waals surface area contributed by atoms with E-state index in [4.69, 9.17) is 14.3 Å². The Morgan fingerprint density at radius 3 is 2.52 bits per heavy atom. The predicted octanol–water partition coefficient (Wildman–Crippen LogP) is 3.75. The van der Waals surface area contributed by atoms with Crippen LogP contribution in [-0.4, -0.2) is 23.5 Å². The van der Waals surface area contributed by atoms with Crippen LogP contribution >= 0.6 is 15.9 Å². The van der Waals surface area contributed by atoms with E-state index in [0.29, 0.717) is 22.3 Å². The average molecular weight is 431 g/mol. The Bertz CT molecular complexity index is 1080. The molecule has 0 atom stereocenters. The first-order valence-electron chi connectivity index (χ1n) is 8.05. The molecule has 1 N–H and O–H groups in total. The Kier molecular flexibility index (Phi) is 5.41. The highest BCUT2D eigenvalue weighted by Gasteiger charge is 2.15. The highest BCUT2D eigenvalue weighted by atomic mass is 79.9. The van der Waals surface area contributed by atoms with E-state index in [1.54, 1.807) is 43.3 Å². The SMILES string of the molecule is Cc1c(CC(=O)O)c(=O)oc2cc(OCC(=O)c3ccc(Br)cc3)ccc12. The molecule has 0 aliphatic heterocycles. The molecule has 0 radical (unpaired) electrons. The van der Waals surface area contributed by atoms with Gasteiger partial charge in [-0.15, -0.1) is 0 Å². The first-order valence-corrected chi connectivity index (χ1v) is 8.84. The molecule has 1 heterocycles. The second kappa shape index (κ2) is 7.75. The van der Waals surface area contributed by atoms with Gasteiger partial charge in [0.25, 0.3) is 0 Å². The summed E-state index contributed by atoms with van der Waals surface area (Å²) < 4.78 is 11.6. The number of rotatable bonds is 6. The van der Waals surface area contributed by atoms with Gasteiger partial charge in [-0.2, -0.15) is 0 Å². The first kappa shape index (κ1) is 18.8. The van der Waals surface area contributed by atoms with Crippen LogP contribution in [0, 0.1) is 6.92 Å². The monoisotopic (exact) mass is 430 g/mol. The van der Waals surface area contributed by atoms with Crippen LogP contribution in [0.4, 0.5) is 0 Å². The predicted molar refractivity (Wildman–Crippen MR) is 103 cm³/mol. The van der Waals surface area contributed by atoms with E-state index in [1.807, 2.05) is 0 Å². The molecule has 0 bridgehead atoms. The van der Waals surface area contributed by atoms with Crippen LogP contribution < -0.4 is 10.4 Å². The molecule has 1 aromatic heterocycles. The molecule has 27 heavy (non-hydrogen) atoms. The van der Waals surface area contributed by atoms with Gasteiger partial charge in [0, 0.05) is 21.5 Å². The van der Waals surface area contributed by atoms with Gasteiger partial charge < -0.3 is 14.3 Å². The molecule has 6 nitrogen and oxygen atoms in total. The summed E-state index contributed by atoms with van der Waals surface area (Å²) in [5, 5.41) is 9.55. The zero-order chi connectivity index (χ0) is 19.6. The number of benzene rings is 2. The number of carbonyl (C=O) groups excluding carboxylic acids is 1. The number of carboxylic acid groups (broad SMARTS) is 1. The van der Waals surface area contributed by atoms with Crippen LogP contribution in [0.15, 0.2) is 56.1 Å². The third-order valence-electron chi connectivity index (χ3n) is 4.12. The summed E-state index contributed by atoms with van der Waals surface area (Å²) in [5.74, 6) is -0.908. The van der Waals surface area contributed by atoms with Crippen molar-refractivity contribution >= 4 is 38.7 Å². The molecule has 7 heteroatoms. The topological polar surface area (TPSA) is 93.8 Å². The number of ketones is 1. The Labute approximate surface area is 162 Å². The van der Waals surface area contributed by atoms with Gasteiger partial charge in [-0.1, -0.05) is 28.1 Å². The molecular weight excluding hydrogens is 416 g/mol. The quantitative estimate of drug-likeness (QED) is 0.472. The maximum Gasteiger partial charge on any atom is 0.340 e. The highest BCUT2D eigenvalue weighted by Crippen LogP contribution is 2.24. The van der Waals surface area contributed by atoms with E-state index < -0.39 is 18.0 Å². The molecule has 0 unspecified atom stereocenters. The second-order valence-electron chi connectivity index (χ2n) is 5.94. The van der Waals surface area contributed by atoms with Gasteiger partial charge in [0.05, 0.1) is 12.0 Å². The summed E-state index contributed by atoms with van der Waals surface area (Å²) in [6.07, 6.45) is -0.399. The number of aliphatic carboxylic acids is 1. The van der Waals surface area contributed by atoms with Crippen molar-refractivity contribution in [1.29, 1.82) is 0 Å². The Morgan fingerprint density at radius 1 is 1.15 bits per heavy atom. The normalized spacial score (nSPS) is 10.7. The van der Waals surface area contributed by atoms with E-state index >= 15 is 0 Å². The van der Waals surface area contributed by atoms with E-state index in [2.05, 4.69) is 15.9 Å². The summed E-state index contributed by atoms with van der Waals surface area (Å²) in [4.78, 5) is 35.1. The molecule has 0 aliphatic carbocycles. The highest BCUT2D eigenvalue weighted by molar-refractivity contribution is 9.10. The van der Waals surface area contributed by atoms with Crippen molar-refractivity contribution < 1.29 is 23.8 Å². The lowest BCUT2D eigenvalue weighted by Crippen LogP contribution is -2.15. The van der Waals surface area contributed by atoms with E-state index in [0.717, 1.165) is 4.47 Å². The number of ether oxygens (including phenoxy) is 1. The molecule has 2 aromatic carbocycles.